The quantitative estimate of drug-likeness (QED) is 0.393. The zero-order chi connectivity index (χ0) is 15.5. The van der Waals surface area contributed by atoms with Gasteiger partial charge < -0.3 is 16.1 Å². The van der Waals surface area contributed by atoms with Crippen molar-refractivity contribution in [2.75, 3.05) is 0 Å². The number of benzene rings is 2. The van der Waals surface area contributed by atoms with Crippen molar-refractivity contribution in [3.63, 3.8) is 0 Å². The van der Waals surface area contributed by atoms with Crippen LogP contribution in [-0.2, 0) is 6.42 Å². The van der Waals surface area contributed by atoms with E-state index in [2.05, 4.69) is 10.1 Å². The maximum Gasteiger partial charge on any atom is 0.128 e. The van der Waals surface area contributed by atoms with Gasteiger partial charge in [0.1, 0.15) is 11.5 Å². The average molecular weight is 293 g/mol. The first-order valence-corrected chi connectivity index (χ1v) is 6.81. The molecule has 0 saturated heterocycles. The minimum Gasteiger partial charge on any atom is -0.508 e. The lowest BCUT2D eigenvalue weighted by Gasteiger charge is -2.10. The SMILES string of the molecule is NN=C(Cc1cccc2cccnc12)c1ccc(O)cc1O. The number of para-hydroxylation sites is 1. The number of nitrogens with zero attached hydrogens (tertiary/aromatic N) is 2. The van der Waals surface area contributed by atoms with Gasteiger partial charge in [-0.3, -0.25) is 4.98 Å². The molecule has 110 valence electrons. The summed E-state index contributed by atoms with van der Waals surface area (Å²) in [5.74, 6) is 5.43. The average Bonchev–Trinajstić information content (AvgIpc) is 2.53. The Hall–Kier alpha value is -3.08. The standard InChI is InChI=1S/C17H15N3O2/c18-20-15(14-7-6-13(21)10-16(14)22)9-12-4-1-3-11-5-2-8-19-17(11)12/h1-8,10,21-22H,9,18H2. The molecule has 1 heterocycles. The molecule has 3 aromatic rings. The summed E-state index contributed by atoms with van der Waals surface area (Å²) in [6.45, 7) is 0. The van der Waals surface area contributed by atoms with E-state index in [4.69, 9.17) is 5.84 Å². The Kier molecular flexibility index (Phi) is 3.62. The summed E-state index contributed by atoms with van der Waals surface area (Å²) in [6, 6.07) is 14.1. The smallest absolute Gasteiger partial charge is 0.128 e. The Labute approximate surface area is 127 Å². The molecule has 5 nitrogen and oxygen atoms in total. The van der Waals surface area contributed by atoms with E-state index in [-0.39, 0.29) is 11.5 Å². The van der Waals surface area contributed by atoms with E-state index in [0.29, 0.717) is 17.7 Å². The predicted octanol–water partition coefficient (Wildman–Crippen LogP) is 2.55. The van der Waals surface area contributed by atoms with Crippen LogP contribution in [0.5, 0.6) is 11.5 Å². The van der Waals surface area contributed by atoms with Crippen LogP contribution < -0.4 is 5.84 Å². The predicted molar refractivity (Wildman–Crippen MR) is 85.9 cm³/mol. The molecule has 0 bridgehead atoms. The van der Waals surface area contributed by atoms with Gasteiger partial charge in [0.2, 0.25) is 0 Å². The van der Waals surface area contributed by atoms with Crippen LogP contribution in [0.4, 0.5) is 0 Å². The number of hydrogen-bond acceptors (Lipinski definition) is 5. The molecule has 0 fully saturated rings. The van der Waals surface area contributed by atoms with Gasteiger partial charge in [0.15, 0.2) is 0 Å². The van der Waals surface area contributed by atoms with Crippen molar-refractivity contribution in [3.05, 3.63) is 65.9 Å². The van der Waals surface area contributed by atoms with Crippen molar-refractivity contribution < 1.29 is 10.2 Å². The molecule has 0 aliphatic heterocycles. The highest BCUT2D eigenvalue weighted by molar-refractivity contribution is 6.05. The van der Waals surface area contributed by atoms with Crippen molar-refractivity contribution in [1.82, 2.24) is 4.98 Å². The molecular weight excluding hydrogens is 278 g/mol. The largest absolute Gasteiger partial charge is 0.508 e. The number of hydrazone groups is 1. The van der Waals surface area contributed by atoms with E-state index in [0.717, 1.165) is 16.5 Å². The van der Waals surface area contributed by atoms with Gasteiger partial charge in [-0.15, -0.1) is 0 Å². The van der Waals surface area contributed by atoms with E-state index in [1.165, 1.54) is 12.1 Å². The lowest BCUT2D eigenvalue weighted by atomic mass is 9.99. The molecule has 0 atom stereocenters. The summed E-state index contributed by atoms with van der Waals surface area (Å²) in [6.07, 6.45) is 2.17. The van der Waals surface area contributed by atoms with Crippen LogP contribution in [0, 0.1) is 0 Å². The molecule has 0 aliphatic carbocycles. The highest BCUT2D eigenvalue weighted by atomic mass is 16.3. The van der Waals surface area contributed by atoms with Gasteiger partial charge in [0, 0.05) is 29.6 Å². The Morgan fingerprint density at radius 2 is 1.91 bits per heavy atom. The molecule has 0 spiro atoms. The van der Waals surface area contributed by atoms with Gasteiger partial charge >= 0.3 is 0 Å². The fraction of sp³-hybridized carbons (Fsp3) is 0.0588. The lowest BCUT2D eigenvalue weighted by molar-refractivity contribution is 0.450. The first kappa shape index (κ1) is 13.9. The summed E-state index contributed by atoms with van der Waals surface area (Å²) in [7, 11) is 0. The maximum absolute atomic E-state index is 9.97. The van der Waals surface area contributed by atoms with Gasteiger partial charge in [0.05, 0.1) is 11.2 Å². The molecule has 4 N–H and O–H groups in total. The fourth-order valence-corrected chi connectivity index (χ4v) is 2.46. The monoisotopic (exact) mass is 293 g/mol. The summed E-state index contributed by atoms with van der Waals surface area (Å²) in [5, 5.41) is 24.2. The minimum absolute atomic E-state index is 0.00977. The van der Waals surface area contributed by atoms with Crippen molar-refractivity contribution in [2.45, 2.75) is 6.42 Å². The van der Waals surface area contributed by atoms with Gasteiger partial charge in [0.25, 0.3) is 0 Å². The number of fused-ring (bicyclic) bond motifs is 1. The summed E-state index contributed by atoms with van der Waals surface area (Å²) in [5.41, 5.74) is 2.86. The lowest BCUT2D eigenvalue weighted by Crippen LogP contribution is -2.09. The number of pyridine rings is 1. The van der Waals surface area contributed by atoms with Gasteiger partial charge in [-0.25, -0.2) is 0 Å². The van der Waals surface area contributed by atoms with Crippen LogP contribution in [0.15, 0.2) is 59.8 Å². The molecule has 2 aromatic carbocycles. The zero-order valence-electron chi connectivity index (χ0n) is 11.8. The van der Waals surface area contributed by atoms with Crippen LogP contribution in [0.3, 0.4) is 0 Å². The molecule has 0 radical (unpaired) electrons. The second-order valence-corrected chi connectivity index (χ2v) is 4.95. The van der Waals surface area contributed by atoms with Crippen molar-refractivity contribution in [3.8, 4) is 11.5 Å². The summed E-state index contributed by atoms with van der Waals surface area (Å²) < 4.78 is 0. The van der Waals surface area contributed by atoms with Crippen LogP contribution in [0.1, 0.15) is 11.1 Å². The van der Waals surface area contributed by atoms with E-state index in [1.54, 1.807) is 12.3 Å². The third-order valence-electron chi connectivity index (χ3n) is 3.52. The molecule has 5 heteroatoms. The molecule has 3 rings (SSSR count). The molecule has 0 aliphatic rings. The number of phenolic OH excluding ortho intramolecular Hbond substituents is 2. The Bertz CT molecular complexity index is 854. The van der Waals surface area contributed by atoms with E-state index in [9.17, 15) is 10.2 Å². The minimum atomic E-state index is -0.0580. The Balaban J connectivity index is 2.02. The third-order valence-corrected chi connectivity index (χ3v) is 3.52. The van der Waals surface area contributed by atoms with E-state index in [1.807, 2.05) is 30.3 Å². The van der Waals surface area contributed by atoms with Gasteiger partial charge in [-0.1, -0.05) is 24.3 Å². The molecular formula is C17H15N3O2. The third kappa shape index (κ3) is 2.56. The molecule has 0 unspecified atom stereocenters. The number of phenols is 2. The first-order chi connectivity index (χ1) is 10.7. The topological polar surface area (TPSA) is 91.7 Å². The first-order valence-electron chi connectivity index (χ1n) is 6.81. The summed E-state index contributed by atoms with van der Waals surface area (Å²) in [4.78, 5) is 4.40. The molecule has 0 amide bonds. The zero-order valence-corrected chi connectivity index (χ0v) is 11.8. The van der Waals surface area contributed by atoms with Crippen LogP contribution in [0.25, 0.3) is 10.9 Å². The van der Waals surface area contributed by atoms with E-state index >= 15 is 0 Å². The summed E-state index contributed by atoms with van der Waals surface area (Å²) >= 11 is 0. The maximum atomic E-state index is 9.97. The van der Waals surface area contributed by atoms with E-state index < -0.39 is 0 Å². The molecule has 1 aromatic heterocycles. The number of nitrogens with two attached hydrogens (primary N) is 1. The van der Waals surface area contributed by atoms with Crippen LogP contribution >= 0.6 is 0 Å². The second-order valence-electron chi connectivity index (χ2n) is 4.95. The van der Waals surface area contributed by atoms with Crippen LogP contribution in [-0.4, -0.2) is 20.9 Å². The van der Waals surface area contributed by atoms with Gasteiger partial charge in [-0.2, -0.15) is 5.10 Å². The van der Waals surface area contributed by atoms with Crippen LogP contribution in [0.2, 0.25) is 0 Å². The van der Waals surface area contributed by atoms with Crippen molar-refractivity contribution in [2.24, 2.45) is 10.9 Å². The van der Waals surface area contributed by atoms with Crippen molar-refractivity contribution >= 4 is 16.6 Å². The number of aromatic hydroxyl groups is 2. The molecule has 0 saturated carbocycles. The second kappa shape index (κ2) is 5.73. The highest BCUT2D eigenvalue weighted by Gasteiger charge is 2.12. The van der Waals surface area contributed by atoms with Gasteiger partial charge in [-0.05, 0) is 23.8 Å². The Morgan fingerprint density at radius 3 is 2.68 bits per heavy atom. The molecule has 22 heavy (non-hydrogen) atoms. The Morgan fingerprint density at radius 1 is 1.09 bits per heavy atom. The normalized spacial score (nSPS) is 11.7. The number of aromatic nitrogens is 1. The highest BCUT2D eigenvalue weighted by Crippen LogP contribution is 2.25. The van der Waals surface area contributed by atoms with Crippen molar-refractivity contribution in [1.29, 1.82) is 0 Å². The number of rotatable bonds is 3. The number of hydrogen-bond donors (Lipinski definition) is 3. The fourth-order valence-electron chi connectivity index (χ4n) is 2.46.